The molecular weight excluding hydrogens is 849 g/mol. The third-order valence-electron chi connectivity index (χ3n) is 14.6. The van der Waals surface area contributed by atoms with E-state index in [2.05, 4.69) is 230 Å². The van der Waals surface area contributed by atoms with E-state index < -0.39 is 0 Å². The van der Waals surface area contributed by atoms with Gasteiger partial charge in [0.1, 0.15) is 0 Å². The Labute approximate surface area is 399 Å². The van der Waals surface area contributed by atoms with Gasteiger partial charge in [0.05, 0.1) is 22.8 Å². The number of nitrogens with zero attached hydrogens (tertiary/aromatic N) is 2. The van der Waals surface area contributed by atoms with Gasteiger partial charge in [-0.25, -0.2) is 0 Å². The first-order valence-electron chi connectivity index (χ1n) is 23.4. The molecule has 10 aromatic rings. The number of fused-ring (bicyclic) bond motifs is 9. The van der Waals surface area contributed by atoms with Gasteiger partial charge in [-0.15, -0.1) is 0 Å². The van der Waals surface area contributed by atoms with Gasteiger partial charge in [-0.1, -0.05) is 165 Å². The standard InChI is InChI=1S/C63H44N2S2/c1-63(2)51-18-6-5-17-45(51)46-32-29-42(36-52(46)63)61-47-33-30-43(64-53-19-7-11-23-57(53)66-58-24-12-8-20-54(58)64)37-49(47)62(41-28-27-39-15-3-4-16-40(39)35-41)50-38-44(31-34-48(50)61)65-55-21-9-13-25-59(55)67-60-26-14-10-22-56(60)65/h3-13,15-25,27-38H,14,26H2,1-2H3. The number of hydrogen-bond acceptors (Lipinski definition) is 4. The highest BCUT2D eigenvalue weighted by Gasteiger charge is 2.36. The van der Waals surface area contributed by atoms with Crippen LogP contribution in [0.3, 0.4) is 0 Å². The molecule has 0 fully saturated rings. The van der Waals surface area contributed by atoms with Gasteiger partial charge in [0, 0.05) is 36.4 Å². The molecule has 0 radical (unpaired) electrons. The van der Waals surface area contributed by atoms with Crippen LogP contribution in [0.15, 0.2) is 232 Å². The van der Waals surface area contributed by atoms with Crippen molar-refractivity contribution in [1.29, 1.82) is 0 Å². The van der Waals surface area contributed by atoms with Crippen molar-refractivity contribution in [1.82, 2.24) is 0 Å². The second kappa shape index (κ2) is 14.9. The Bertz CT molecular complexity index is 3770. The molecule has 0 aromatic heterocycles. The van der Waals surface area contributed by atoms with Crippen LogP contribution in [0.25, 0.3) is 65.7 Å². The summed E-state index contributed by atoms with van der Waals surface area (Å²) in [6.45, 7) is 4.78. The van der Waals surface area contributed by atoms with E-state index in [9.17, 15) is 0 Å². The minimum Gasteiger partial charge on any atom is -0.309 e. The van der Waals surface area contributed by atoms with E-state index >= 15 is 0 Å². The molecule has 2 heterocycles. The molecule has 10 aromatic carbocycles. The van der Waals surface area contributed by atoms with Crippen LogP contribution in [0, 0.1) is 0 Å². The van der Waals surface area contributed by atoms with Crippen LogP contribution in [-0.4, -0.2) is 0 Å². The van der Waals surface area contributed by atoms with Crippen molar-refractivity contribution in [3.63, 3.8) is 0 Å². The van der Waals surface area contributed by atoms with Gasteiger partial charge >= 0.3 is 0 Å². The molecule has 0 atom stereocenters. The van der Waals surface area contributed by atoms with Crippen LogP contribution >= 0.6 is 23.5 Å². The molecule has 2 aliphatic heterocycles. The molecule has 0 N–H and O–H groups in total. The molecule has 2 nitrogen and oxygen atoms in total. The summed E-state index contributed by atoms with van der Waals surface area (Å²) in [6, 6.07) is 73.3. The van der Waals surface area contributed by atoms with Crippen molar-refractivity contribution >= 4 is 84.3 Å². The van der Waals surface area contributed by atoms with Gasteiger partial charge in [-0.3, -0.25) is 0 Å². The summed E-state index contributed by atoms with van der Waals surface area (Å²) >= 11 is 3.79. The van der Waals surface area contributed by atoms with Gasteiger partial charge in [0.15, 0.2) is 0 Å². The third kappa shape index (κ3) is 5.92. The second-order valence-corrected chi connectivity index (χ2v) is 21.0. The van der Waals surface area contributed by atoms with Gasteiger partial charge in [-0.05, 0) is 169 Å². The number of thioether (sulfide) groups is 1. The Morgan fingerprint density at radius 1 is 0.433 bits per heavy atom. The average molecular weight is 893 g/mol. The normalized spacial score (nSPS) is 15.3. The highest BCUT2D eigenvalue weighted by molar-refractivity contribution is 8.03. The fourth-order valence-electron chi connectivity index (χ4n) is 11.5. The SMILES string of the molecule is CC1(C)c2ccccc2-c2ccc(-c3c4ccc(N5C6=C(CCC=C6)Sc6ccccc65)cc4c(-c4ccc5ccccc5c4)c4cc(N5c6ccccc6Sc6ccccc65)ccc34)cc21. The highest BCUT2D eigenvalue weighted by Crippen LogP contribution is 2.56. The Morgan fingerprint density at radius 3 is 1.72 bits per heavy atom. The van der Waals surface area contributed by atoms with E-state index in [0.29, 0.717) is 0 Å². The fourth-order valence-corrected chi connectivity index (χ4v) is 13.7. The maximum atomic E-state index is 2.52. The Kier molecular flexibility index (Phi) is 8.66. The van der Waals surface area contributed by atoms with E-state index in [1.54, 1.807) is 0 Å². The lowest BCUT2D eigenvalue weighted by molar-refractivity contribution is 0.660. The average Bonchev–Trinajstić information content (AvgIpc) is 3.60. The van der Waals surface area contributed by atoms with Crippen molar-refractivity contribution in [3.8, 4) is 33.4 Å². The molecule has 318 valence electrons. The van der Waals surface area contributed by atoms with Crippen LogP contribution < -0.4 is 9.80 Å². The predicted octanol–water partition coefficient (Wildman–Crippen LogP) is 18.5. The number of rotatable bonds is 4. The Morgan fingerprint density at radius 2 is 0.985 bits per heavy atom. The first-order chi connectivity index (χ1) is 33.0. The summed E-state index contributed by atoms with van der Waals surface area (Å²) in [5.41, 5.74) is 17.5. The quantitative estimate of drug-likeness (QED) is 0.162. The number of para-hydroxylation sites is 3. The second-order valence-electron chi connectivity index (χ2n) is 18.7. The summed E-state index contributed by atoms with van der Waals surface area (Å²) in [5.74, 6) is 0. The minimum atomic E-state index is -0.134. The summed E-state index contributed by atoms with van der Waals surface area (Å²) in [4.78, 5) is 10.2. The molecule has 0 saturated heterocycles. The summed E-state index contributed by atoms with van der Waals surface area (Å²) in [7, 11) is 0. The smallest absolute Gasteiger partial charge is 0.0601 e. The monoisotopic (exact) mass is 892 g/mol. The predicted molar refractivity (Wildman–Crippen MR) is 286 cm³/mol. The van der Waals surface area contributed by atoms with Crippen molar-refractivity contribution < 1.29 is 0 Å². The highest BCUT2D eigenvalue weighted by atomic mass is 32.2. The number of anilines is 5. The van der Waals surface area contributed by atoms with E-state index in [0.717, 1.165) is 18.5 Å². The molecule has 4 aliphatic rings. The van der Waals surface area contributed by atoms with Gasteiger partial charge in [0.2, 0.25) is 0 Å². The van der Waals surface area contributed by atoms with E-state index in [4.69, 9.17) is 0 Å². The molecule has 0 bridgehead atoms. The third-order valence-corrected chi connectivity index (χ3v) is 17.0. The molecule has 0 spiro atoms. The lowest BCUT2D eigenvalue weighted by Crippen LogP contribution is -2.21. The fraction of sp³-hybridized carbons (Fsp3) is 0.0794. The largest absolute Gasteiger partial charge is 0.309 e. The minimum absolute atomic E-state index is 0.134. The maximum Gasteiger partial charge on any atom is 0.0601 e. The first-order valence-corrected chi connectivity index (χ1v) is 25.0. The molecule has 4 heteroatoms. The van der Waals surface area contributed by atoms with Crippen molar-refractivity contribution in [3.05, 3.63) is 228 Å². The van der Waals surface area contributed by atoms with Crippen LogP contribution in [0.2, 0.25) is 0 Å². The zero-order valence-corrected chi connectivity index (χ0v) is 38.9. The molecule has 0 unspecified atom stereocenters. The first kappa shape index (κ1) is 39.0. The van der Waals surface area contributed by atoms with Crippen molar-refractivity contribution in [2.75, 3.05) is 9.80 Å². The van der Waals surface area contributed by atoms with E-state index in [1.807, 2.05) is 23.5 Å². The number of allylic oxidation sites excluding steroid dienone is 3. The molecule has 2 aliphatic carbocycles. The zero-order chi connectivity index (χ0) is 44.4. The van der Waals surface area contributed by atoms with Crippen LogP contribution in [0.1, 0.15) is 37.8 Å². The summed E-state index contributed by atoms with van der Waals surface area (Å²) in [6.07, 6.45) is 6.81. The van der Waals surface area contributed by atoms with Gasteiger partial charge in [-0.2, -0.15) is 0 Å². The number of hydrogen-bond donors (Lipinski definition) is 0. The molecule has 14 rings (SSSR count). The Balaban J connectivity index is 1.10. The molecule has 0 saturated carbocycles. The molecule has 67 heavy (non-hydrogen) atoms. The Hall–Kier alpha value is -7.24. The summed E-state index contributed by atoms with van der Waals surface area (Å²) in [5, 5.41) is 7.44. The van der Waals surface area contributed by atoms with Crippen molar-refractivity contribution in [2.24, 2.45) is 0 Å². The maximum absolute atomic E-state index is 2.52. The molecule has 0 amide bonds. The van der Waals surface area contributed by atoms with E-state index in [1.165, 1.54) is 125 Å². The summed E-state index contributed by atoms with van der Waals surface area (Å²) < 4.78 is 0. The van der Waals surface area contributed by atoms with Crippen LogP contribution in [0.5, 0.6) is 0 Å². The van der Waals surface area contributed by atoms with Gasteiger partial charge in [0.25, 0.3) is 0 Å². The van der Waals surface area contributed by atoms with E-state index in [-0.39, 0.29) is 5.41 Å². The lowest BCUT2D eigenvalue weighted by atomic mass is 9.80. The van der Waals surface area contributed by atoms with Gasteiger partial charge < -0.3 is 9.80 Å². The van der Waals surface area contributed by atoms with Crippen LogP contribution in [0.4, 0.5) is 28.4 Å². The topological polar surface area (TPSA) is 6.48 Å². The number of benzene rings is 10. The lowest BCUT2D eigenvalue weighted by Gasteiger charge is -2.35. The zero-order valence-electron chi connectivity index (χ0n) is 37.3. The van der Waals surface area contributed by atoms with Crippen LogP contribution in [-0.2, 0) is 5.41 Å². The molecular formula is C63H44N2S2. The van der Waals surface area contributed by atoms with Crippen molar-refractivity contribution in [2.45, 2.75) is 46.8 Å².